The molecule has 14 nitrogen and oxygen atoms in total. The van der Waals surface area contributed by atoms with Gasteiger partial charge in [0.1, 0.15) is 11.7 Å². The number of hydroxylamine groups is 2. The molecule has 2 rings (SSSR count). The van der Waals surface area contributed by atoms with Gasteiger partial charge in [0, 0.05) is 6.54 Å². The molecule has 0 aromatic rings. The number of nitrogens with two attached hydrogens (primary N) is 2. The van der Waals surface area contributed by atoms with Crippen LogP contribution in [0, 0.1) is 0 Å². The van der Waals surface area contributed by atoms with Crippen molar-refractivity contribution in [2.24, 2.45) is 15.9 Å². The molecule has 6 N–H and O–H groups in total. The molecule has 25 heavy (non-hydrogen) atoms. The highest BCUT2D eigenvalue weighted by molar-refractivity contribution is 7.90. The third-order valence-corrected chi connectivity index (χ3v) is 4.86. The van der Waals surface area contributed by atoms with Crippen molar-refractivity contribution in [2.45, 2.75) is 24.9 Å². The van der Waals surface area contributed by atoms with Crippen LogP contribution in [0.3, 0.4) is 0 Å². The summed E-state index contributed by atoms with van der Waals surface area (Å²) in [5, 5.41) is 2.35. The lowest BCUT2D eigenvalue weighted by atomic mass is 10.0. The first-order valence-electron chi connectivity index (χ1n) is 6.78. The molecule has 4 amide bonds. The highest BCUT2D eigenvalue weighted by Crippen LogP contribution is 2.30. The largest absolute Gasteiger partial charge is 0.418 e. The molecule has 2 aliphatic rings. The van der Waals surface area contributed by atoms with Crippen LogP contribution in [0.5, 0.6) is 0 Å². The Morgan fingerprint density at radius 3 is 2.52 bits per heavy atom. The maximum atomic E-state index is 12.2. The van der Waals surface area contributed by atoms with Gasteiger partial charge in [-0.15, -0.1) is 8.68 Å². The topological polar surface area (TPSA) is 215 Å². The zero-order valence-corrected chi connectivity index (χ0v) is 14.2. The maximum Gasteiger partial charge on any atom is 0.418 e. The minimum Gasteiger partial charge on any atom is -0.385 e. The lowest BCUT2D eigenvalue weighted by Crippen LogP contribution is -2.48. The first-order chi connectivity index (χ1) is 11.4. The molecule has 0 aromatic heterocycles. The third-order valence-electron chi connectivity index (χ3n) is 3.51. The highest BCUT2D eigenvalue weighted by Gasteiger charge is 2.48. The first kappa shape index (κ1) is 19.2. The van der Waals surface area contributed by atoms with Gasteiger partial charge in [-0.2, -0.15) is 13.5 Å². The zero-order chi connectivity index (χ0) is 19.0. The lowest BCUT2D eigenvalue weighted by Gasteiger charge is -2.29. The standard InChI is InChI=1S/C9H16N6O8S2/c10-7(13-24(18,19)4-12-8(11)16)6-2-1-5-3-14(6)9(17)15(5)23-25(20,21)22/h5-6H,1-4H2,(H2,10,13)(H3,11,12,16)(H,20,21,22)/t5-,6+/m1/s1. The minimum absolute atomic E-state index is 0.00875. The zero-order valence-electron chi connectivity index (χ0n) is 12.6. The summed E-state index contributed by atoms with van der Waals surface area (Å²) in [5.74, 6) is -1.28. The third kappa shape index (κ3) is 4.68. The molecule has 2 fully saturated rings. The summed E-state index contributed by atoms with van der Waals surface area (Å²) in [5.41, 5.74) is 10.4. The Bertz CT molecular complexity index is 808. The van der Waals surface area contributed by atoms with Crippen LogP contribution in [-0.4, -0.2) is 73.8 Å². The van der Waals surface area contributed by atoms with E-state index >= 15 is 0 Å². The Labute approximate surface area is 142 Å². The Balaban J connectivity index is 2.16. The number of nitrogens with zero attached hydrogens (tertiary/aromatic N) is 3. The number of hydrogen-bond acceptors (Lipinski definition) is 7. The molecule has 0 spiro atoms. The molecule has 0 aliphatic carbocycles. The number of primary amides is 1. The molecular weight excluding hydrogens is 384 g/mol. The Kier molecular flexibility index (Phi) is 5.07. The van der Waals surface area contributed by atoms with E-state index in [1.54, 1.807) is 0 Å². The Morgan fingerprint density at radius 2 is 1.96 bits per heavy atom. The maximum absolute atomic E-state index is 12.2. The van der Waals surface area contributed by atoms with Crippen LogP contribution in [0.15, 0.2) is 4.40 Å². The molecule has 2 bridgehead atoms. The van der Waals surface area contributed by atoms with Crippen molar-refractivity contribution in [3.8, 4) is 0 Å². The average molecular weight is 400 g/mol. The van der Waals surface area contributed by atoms with E-state index in [1.165, 1.54) is 0 Å². The highest BCUT2D eigenvalue weighted by atomic mass is 32.3. The second-order valence-corrected chi connectivity index (χ2v) is 7.93. The van der Waals surface area contributed by atoms with Crippen molar-refractivity contribution < 1.29 is 35.3 Å². The van der Waals surface area contributed by atoms with Crippen LogP contribution >= 0.6 is 0 Å². The summed E-state index contributed by atoms with van der Waals surface area (Å²) in [6.45, 7) is 0.00875. The van der Waals surface area contributed by atoms with E-state index in [2.05, 4.69) is 8.68 Å². The fourth-order valence-corrected chi connectivity index (χ4v) is 3.78. The quantitative estimate of drug-likeness (QED) is 0.207. The molecule has 2 atom stereocenters. The van der Waals surface area contributed by atoms with Gasteiger partial charge >= 0.3 is 22.5 Å². The van der Waals surface area contributed by atoms with E-state index in [4.69, 9.17) is 16.0 Å². The van der Waals surface area contributed by atoms with Gasteiger partial charge < -0.3 is 21.7 Å². The van der Waals surface area contributed by atoms with E-state index in [0.29, 0.717) is 5.06 Å². The molecule has 2 aliphatic heterocycles. The van der Waals surface area contributed by atoms with Gasteiger partial charge in [-0.1, -0.05) is 0 Å². The Morgan fingerprint density at radius 1 is 1.32 bits per heavy atom. The van der Waals surface area contributed by atoms with E-state index in [0.717, 1.165) is 4.90 Å². The van der Waals surface area contributed by atoms with E-state index in [-0.39, 0.29) is 19.4 Å². The summed E-state index contributed by atoms with van der Waals surface area (Å²) >= 11 is 0. The summed E-state index contributed by atoms with van der Waals surface area (Å²) in [4.78, 5) is 23.8. The van der Waals surface area contributed by atoms with Gasteiger partial charge in [-0.25, -0.2) is 18.0 Å². The van der Waals surface area contributed by atoms with Crippen molar-refractivity contribution in [3.63, 3.8) is 0 Å². The van der Waals surface area contributed by atoms with Crippen LogP contribution in [0.2, 0.25) is 0 Å². The van der Waals surface area contributed by atoms with Gasteiger partial charge in [-0.3, -0.25) is 4.55 Å². The SMILES string of the molecule is NC(=O)NCS(=O)(=O)N=C(N)[C@@H]1CC[C@@H]2CN1C(=O)N2OS(=O)(=O)O. The number of amidine groups is 1. The van der Waals surface area contributed by atoms with Crippen molar-refractivity contribution in [1.29, 1.82) is 0 Å². The summed E-state index contributed by atoms with van der Waals surface area (Å²) < 4.78 is 61.3. The van der Waals surface area contributed by atoms with Crippen molar-refractivity contribution >= 4 is 38.3 Å². The summed E-state index contributed by atoms with van der Waals surface area (Å²) in [6.07, 6.45) is 0.425. The number of rotatable bonds is 6. The molecule has 16 heteroatoms. The van der Waals surface area contributed by atoms with E-state index in [9.17, 15) is 26.4 Å². The normalized spacial score (nSPS) is 24.5. The number of hydrogen-bond donors (Lipinski definition) is 4. The molecule has 2 saturated heterocycles. The molecule has 0 saturated carbocycles. The van der Waals surface area contributed by atoms with Gasteiger partial charge in [0.15, 0.2) is 0 Å². The number of amides is 4. The monoisotopic (exact) mass is 400 g/mol. The van der Waals surface area contributed by atoms with E-state index in [1.807, 2.05) is 5.32 Å². The molecule has 142 valence electrons. The Hall–Kier alpha value is -2.17. The van der Waals surface area contributed by atoms with Crippen LogP contribution in [0.4, 0.5) is 9.59 Å². The fourth-order valence-electron chi connectivity index (χ4n) is 2.56. The first-order valence-corrected chi connectivity index (χ1v) is 9.75. The van der Waals surface area contributed by atoms with Crippen molar-refractivity contribution in [3.05, 3.63) is 0 Å². The van der Waals surface area contributed by atoms with Crippen LogP contribution in [0.25, 0.3) is 0 Å². The minimum atomic E-state index is -4.89. The van der Waals surface area contributed by atoms with Crippen LogP contribution < -0.4 is 16.8 Å². The molecule has 0 aromatic carbocycles. The summed E-state index contributed by atoms with van der Waals surface area (Å²) in [6, 6.07) is -3.53. The number of carbonyl (C=O) groups excluding carboxylic acids is 2. The summed E-state index contributed by atoms with van der Waals surface area (Å²) in [7, 11) is -9.06. The van der Waals surface area contributed by atoms with E-state index < -0.39 is 56.3 Å². The second-order valence-electron chi connectivity index (χ2n) is 5.29. The van der Waals surface area contributed by atoms with Gasteiger partial charge in [0.25, 0.3) is 10.0 Å². The average Bonchev–Trinajstić information content (AvgIpc) is 2.68. The number of urea groups is 2. The number of sulfonamides is 1. The number of nitrogens with one attached hydrogen (secondary N) is 1. The smallest absolute Gasteiger partial charge is 0.385 e. The molecule has 0 unspecified atom stereocenters. The second kappa shape index (κ2) is 6.62. The molecule has 0 radical (unpaired) electrons. The van der Waals surface area contributed by atoms with Gasteiger partial charge in [0.2, 0.25) is 0 Å². The number of fused-ring (bicyclic) bond motifs is 2. The number of piperidine rings is 1. The predicted octanol–water partition coefficient (Wildman–Crippen LogP) is -2.70. The fraction of sp³-hybridized carbons (Fsp3) is 0.667. The number of carbonyl (C=O) groups is 2. The van der Waals surface area contributed by atoms with Gasteiger partial charge in [0.05, 0.1) is 12.1 Å². The van der Waals surface area contributed by atoms with Crippen molar-refractivity contribution in [2.75, 3.05) is 12.4 Å². The predicted molar refractivity (Wildman–Crippen MR) is 81.5 cm³/mol. The van der Waals surface area contributed by atoms with Crippen LogP contribution in [0.1, 0.15) is 12.8 Å². The van der Waals surface area contributed by atoms with Crippen molar-refractivity contribution in [1.82, 2.24) is 15.3 Å². The molecular formula is C9H16N6O8S2. The van der Waals surface area contributed by atoms with Crippen LogP contribution in [-0.2, 0) is 24.7 Å². The lowest BCUT2D eigenvalue weighted by molar-refractivity contribution is -0.0316. The van der Waals surface area contributed by atoms with Gasteiger partial charge in [-0.05, 0) is 12.8 Å². The molecule has 2 heterocycles.